The molecule has 0 aliphatic rings. The predicted octanol–water partition coefficient (Wildman–Crippen LogP) is 3.65. The van der Waals surface area contributed by atoms with Gasteiger partial charge < -0.3 is 4.74 Å². The molecule has 0 N–H and O–H groups in total. The van der Waals surface area contributed by atoms with Crippen molar-refractivity contribution in [3.63, 3.8) is 0 Å². The molecule has 3 aromatic heterocycles. The third-order valence-corrected chi connectivity index (χ3v) is 6.00. The molecular formula is C18H21N3O2S2. The Labute approximate surface area is 155 Å². The Morgan fingerprint density at radius 2 is 2.16 bits per heavy atom. The van der Waals surface area contributed by atoms with Gasteiger partial charge in [0.1, 0.15) is 4.83 Å². The molecule has 7 heteroatoms. The smallest absolute Gasteiger partial charge is 0.263 e. The Bertz CT molecular complexity index is 919. The lowest BCUT2D eigenvalue weighted by Gasteiger charge is -2.12. The van der Waals surface area contributed by atoms with Crippen molar-refractivity contribution >= 4 is 33.3 Å². The summed E-state index contributed by atoms with van der Waals surface area (Å²) in [6, 6.07) is 5.73. The topological polar surface area (TPSA) is 57.0 Å². The highest BCUT2D eigenvalue weighted by Crippen LogP contribution is 2.28. The van der Waals surface area contributed by atoms with Gasteiger partial charge in [0.2, 0.25) is 0 Å². The number of thiophene rings is 1. The van der Waals surface area contributed by atoms with Crippen molar-refractivity contribution < 1.29 is 4.74 Å². The molecule has 0 radical (unpaired) electrons. The van der Waals surface area contributed by atoms with Crippen LogP contribution in [-0.2, 0) is 11.3 Å². The molecule has 3 aromatic rings. The Balaban J connectivity index is 2.04. The maximum Gasteiger partial charge on any atom is 0.263 e. The maximum atomic E-state index is 13.1. The molecule has 0 aromatic carbocycles. The van der Waals surface area contributed by atoms with Gasteiger partial charge >= 0.3 is 0 Å². The van der Waals surface area contributed by atoms with Crippen LogP contribution >= 0.6 is 23.1 Å². The summed E-state index contributed by atoms with van der Waals surface area (Å²) < 4.78 is 7.15. The van der Waals surface area contributed by atoms with Crippen LogP contribution in [0.15, 0.2) is 34.3 Å². The van der Waals surface area contributed by atoms with Crippen LogP contribution in [0.3, 0.4) is 0 Å². The summed E-state index contributed by atoms with van der Waals surface area (Å²) in [5.41, 5.74) is 1.89. The Morgan fingerprint density at radius 3 is 2.88 bits per heavy atom. The van der Waals surface area contributed by atoms with Crippen molar-refractivity contribution in [2.24, 2.45) is 0 Å². The van der Waals surface area contributed by atoms with Gasteiger partial charge in [0.05, 0.1) is 24.2 Å². The number of rotatable bonds is 7. The number of aryl methyl sites for hydroxylation is 2. The minimum Gasteiger partial charge on any atom is -0.381 e. The van der Waals surface area contributed by atoms with Gasteiger partial charge in [0.25, 0.3) is 5.56 Å². The van der Waals surface area contributed by atoms with Crippen LogP contribution in [0.5, 0.6) is 0 Å². The number of aromatic nitrogens is 3. The van der Waals surface area contributed by atoms with Gasteiger partial charge in [-0.15, -0.1) is 11.3 Å². The first-order valence-electron chi connectivity index (χ1n) is 8.22. The van der Waals surface area contributed by atoms with Gasteiger partial charge in [0.15, 0.2) is 5.16 Å². The molecule has 0 saturated heterocycles. The van der Waals surface area contributed by atoms with Crippen molar-refractivity contribution in [2.45, 2.75) is 32.5 Å². The number of hydrogen-bond acceptors (Lipinski definition) is 6. The van der Waals surface area contributed by atoms with Crippen molar-refractivity contribution in [1.29, 1.82) is 0 Å². The SMILES string of the molecule is CCOCCSc1nc2sc(C)c(C)c2c(=O)n1Cc1ccccn1. The van der Waals surface area contributed by atoms with E-state index in [4.69, 9.17) is 9.72 Å². The molecule has 5 nitrogen and oxygen atoms in total. The van der Waals surface area contributed by atoms with Crippen molar-refractivity contribution in [2.75, 3.05) is 19.0 Å². The van der Waals surface area contributed by atoms with Crippen LogP contribution < -0.4 is 5.56 Å². The molecule has 3 heterocycles. The third kappa shape index (κ3) is 3.94. The normalized spacial score (nSPS) is 11.3. The summed E-state index contributed by atoms with van der Waals surface area (Å²) >= 11 is 3.14. The van der Waals surface area contributed by atoms with Crippen molar-refractivity contribution in [1.82, 2.24) is 14.5 Å². The maximum absolute atomic E-state index is 13.1. The van der Waals surface area contributed by atoms with E-state index in [1.54, 1.807) is 33.9 Å². The highest BCUT2D eigenvalue weighted by molar-refractivity contribution is 7.99. The van der Waals surface area contributed by atoms with E-state index in [0.29, 0.717) is 19.8 Å². The minimum atomic E-state index is 0.0106. The molecular weight excluding hydrogens is 354 g/mol. The number of pyridine rings is 1. The summed E-state index contributed by atoms with van der Waals surface area (Å²) in [7, 11) is 0. The average Bonchev–Trinajstić information content (AvgIpc) is 2.90. The van der Waals surface area contributed by atoms with Gasteiger partial charge in [-0.1, -0.05) is 17.8 Å². The number of hydrogen-bond donors (Lipinski definition) is 0. The highest BCUT2D eigenvalue weighted by Gasteiger charge is 2.17. The van der Waals surface area contributed by atoms with E-state index in [2.05, 4.69) is 4.98 Å². The molecule has 0 saturated carbocycles. The van der Waals surface area contributed by atoms with Crippen LogP contribution in [0.25, 0.3) is 10.2 Å². The molecule has 0 aliphatic carbocycles. The van der Waals surface area contributed by atoms with E-state index in [-0.39, 0.29) is 5.56 Å². The number of fused-ring (bicyclic) bond motifs is 1. The first-order chi connectivity index (χ1) is 12.1. The lowest BCUT2D eigenvalue weighted by molar-refractivity contribution is 0.164. The lowest BCUT2D eigenvalue weighted by atomic mass is 10.2. The molecule has 25 heavy (non-hydrogen) atoms. The van der Waals surface area contributed by atoms with Crippen molar-refractivity contribution in [3.8, 4) is 0 Å². The van der Waals surface area contributed by atoms with E-state index in [1.807, 2.05) is 39.0 Å². The molecule has 0 bridgehead atoms. The lowest BCUT2D eigenvalue weighted by Crippen LogP contribution is -2.24. The van der Waals surface area contributed by atoms with Gasteiger partial charge in [-0.3, -0.25) is 14.3 Å². The first kappa shape index (κ1) is 18.1. The molecule has 0 unspecified atom stereocenters. The second-order valence-electron chi connectivity index (χ2n) is 5.62. The Morgan fingerprint density at radius 1 is 1.32 bits per heavy atom. The fraction of sp³-hybridized carbons (Fsp3) is 0.389. The highest BCUT2D eigenvalue weighted by atomic mass is 32.2. The Hall–Kier alpha value is -1.70. The number of ether oxygens (including phenoxy) is 1. The van der Waals surface area contributed by atoms with E-state index >= 15 is 0 Å². The molecule has 132 valence electrons. The second-order valence-corrected chi connectivity index (χ2v) is 7.88. The molecule has 0 atom stereocenters. The number of nitrogens with zero attached hydrogens (tertiary/aromatic N) is 3. The fourth-order valence-corrected chi connectivity index (χ4v) is 4.47. The van der Waals surface area contributed by atoms with Crippen LogP contribution in [0.4, 0.5) is 0 Å². The molecule has 0 spiro atoms. The third-order valence-electron chi connectivity index (χ3n) is 3.96. The summed E-state index contributed by atoms with van der Waals surface area (Å²) in [6.45, 7) is 7.76. The van der Waals surface area contributed by atoms with Crippen LogP contribution in [-0.4, -0.2) is 33.5 Å². The van der Waals surface area contributed by atoms with Gasteiger partial charge in [-0.25, -0.2) is 4.98 Å². The zero-order valence-corrected chi connectivity index (χ0v) is 16.2. The van der Waals surface area contributed by atoms with E-state index in [1.165, 1.54) is 0 Å². The largest absolute Gasteiger partial charge is 0.381 e. The van der Waals surface area contributed by atoms with Crippen LogP contribution in [0.1, 0.15) is 23.1 Å². The average molecular weight is 376 g/mol. The quantitative estimate of drug-likeness (QED) is 0.358. The molecule has 3 rings (SSSR count). The van der Waals surface area contributed by atoms with E-state index < -0.39 is 0 Å². The zero-order chi connectivity index (χ0) is 17.8. The van der Waals surface area contributed by atoms with Crippen molar-refractivity contribution in [3.05, 3.63) is 50.9 Å². The minimum absolute atomic E-state index is 0.0106. The molecule has 0 fully saturated rings. The summed E-state index contributed by atoms with van der Waals surface area (Å²) in [4.78, 5) is 24.2. The molecule has 0 aliphatic heterocycles. The van der Waals surface area contributed by atoms with Gasteiger partial charge in [-0.05, 0) is 38.5 Å². The van der Waals surface area contributed by atoms with E-state index in [9.17, 15) is 4.79 Å². The predicted molar refractivity (Wildman–Crippen MR) is 104 cm³/mol. The summed E-state index contributed by atoms with van der Waals surface area (Å²) in [6.07, 6.45) is 1.74. The van der Waals surface area contributed by atoms with Gasteiger partial charge in [0, 0.05) is 23.4 Å². The first-order valence-corrected chi connectivity index (χ1v) is 10.0. The summed E-state index contributed by atoms with van der Waals surface area (Å²) in [5.74, 6) is 0.761. The monoisotopic (exact) mass is 375 g/mol. The standard InChI is InChI=1S/C18H21N3O2S2/c1-4-23-9-10-24-18-20-16-15(12(2)13(3)25-16)17(22)21(18)11-14-7-5-6-8-19-14/h5-8H,4,9-11H2,1-3H3. The second kappa shape index (κ2) is 8.12. The number of thioether (sulfide) groups is 1. The zero-order valence-electron chi connectivity index (χ0n) is 14.6. The molecule has 0 amide bonds. The Kier molecular flexibility index (Phi) is 5.88. The van der Waals surface area contributed by atoms with Crippen LogP contribution in [0.2, 0.25) is 0 Å². The summed E-state index contributed by atoms with van der Waals surface area (Å²) in [5, 5.41) is 1.46. The van der Waals surface area contributed by atoms with Crippen LogP contribution in [0, 0.1) is 13.8 Å². The fourth-order valence-electron chi connectivity index (χ4n) is 2.55. The van der Waals surface area contributed by atoms with Gasteiger partial charge in [-0.2, -0.15) is 0 Å². The van der Waals surface area contributed by atoms with E-state index in [0.717, 1.165) is 37.3 Å².